The Hall–Kier alpha value is -1.70. The van der Waals surface area contributed by atoms with E-state index in [-0.39, 0.29) is 16.9 Å². The van der Waals surface area contributed by atoms with Gasteiger partial charge < -0.3 is 14.5 Å². The van der Waals surface area contributed by atoms with Gasteiger partial charge in [-0.05, 0) is 33.3 Å². The summed E-state index contributed by atoms with van der Waals surface area (Å²) in [5, 5.41) is -0.0759. The Morgan fingerprint density at radius 2 is 2.04 bits per heavy atom. The fourth-order valence-corrected chi connectivity index (χ4v) is 2.87. The first-order chi connectivity index (χ1) is 11.4. The van der Waals surface area contributed by atoms with E-state index in [1.54, 1.807) is 37.6 Å². The minimum atomic E-state index is -4.49. The number of rotatable bonds is 2. The number of carbonyl (C=O) groups excluding carboxylic acids is 1. The molecule has 1 atom stereocenters. The molecule has 1 fully saturated rings. The molecular formula is C16H21ClF3N3O2. The SMILES string of the molecule is CN(c1ncc(C(F)(F)F)cc1Cl)[C@@H]1CCN(C(=O)OC(C)(C)C)C1. The third-order valence-corrected chi connectivity index (χ3v) is 4.12. The van der Waals surface area contributed by atoms with E-state index in [1.165, 1.54) is 0 Å². The van der Waals surface area contributed by atoms with Crippen molar-refractivity contribution in [2.45, 2.75) is 45.0 Å². The number of anilines is 1. The van der Waals surface area contributed by atoms with Crippen molar-refractivity contribution in [1.82, 2.24) is 9.88 Å². The highest BCUT2D eigenvalue weighted by molar-refractivity contribution is 6.33. The van der Waals surface area contributed by atoms with Crippen molar-refractivity contribution in [1.29, 1.82) is 0 Å². The highest BCUT2D eigenvalue weighted by Crippen LogP contribution is 2.34. The van der Waals surface area contributed by atoms with Crippen molar-refractivity contribution >= 4 is 23.5 Å². The van der Waals surface area contributed by atoms with Gasteiger partial charge in [-0.25, -0.2) is 9.78 Å². The van der Waals surface area contributed by atoms with Crippen molar-refractivity contribution in [3.8, 4) is 0 Å². The van der Waals surface area contributed by atoms with Crippen LogP contribution in [0, 0.1) is 0 Å². The maximum atomic E-state index is 12.7. The van der Waals surface area contributed by atoms with Crippen molar-refractivity contribution in [2.24, 2.45) is 0 Å². The number of ether oxygens (including phenoxy) is 1. The molecule has 140 valence electrons. The topological polar surface area (TPSA) is 45.7 Å². The van der Waals surface area contributed by atoms with Gasteiger partial charge in [-0.3, -0.25) is 0 Å². The van der Waals surface area contributed by atoms with E-state index >= 15 is 0 Å². The van der Waals surface area contributed by atoms with Crippen LogP contribution in [0.4, 0.5) is 23.8 Å². The average Bonchev–Trinajstić information content (AvgIpc) is 2.93. The van der Waals surface area contributed by atoms with E-state index in [4.69, 9.17) is 16.3 Å². The lowest BCUT2D eigenvalue weighted by molar-refractivity contribution is -0.137. The van der Waals surface area contributed by atoms with Gasteiger partial charge >= 0.3 is 12.3 Å². The van der Waals surface area contributed by atoms with Crippen molar-refractivity contribution in [3.63, 3.8) is 0 Å². The molecule has 1 aromatic rings. The minimum absolute atomic E-state index is 0.0759. The molecule has 1 aromatic heterocycles. The quantitative estimate of drug-likeness (QED) is 0.772. The Bertz CT molecular complexity index is 646. The van der Waals surface area contributed by atoms with Crippen molar-refractivity contribution < 1.29 is 22.7 Å². The van der Waals surface area contributed by atoms with Gasteiger partial charge in [0.25, 0.3) is 0 Å². The zero-order chi connectivity index (χ0) is 19.0. The summed E-state index contributed by atoms with van der Waals surface area (Å²) >= 11 is 5.99. The summed E-state index contributed by atoms with van der Waals surface area (Å²) in [5.41, 5.74) is -1.48. The van der Waals surface area contributed by atoms with Crippen LogP contribution in [0.1, 0.15) is 32.8 Å². The lowest BCUT2D eigenvalue weighted by Gasteiger charge is -2.28. The Morgan fingerprint density at radius 1 is 1.40 bits per heavy atom. The number of pyridine rings is 1. The molecule has 0 saturated carbocycles. The number of alkyl halides is 3. The lowest BCUT2D eigenvalue weighted by Crippen LogP contribution is -2.39. The highest BCUT2D eigenvalue weighted by atomic mass is 35.5. The largest absolute Gasteiger partial charge is 0.444 e. The molecule has 0 spiro atoms. The molecule has 0 aliphatic carbocycles. The van der Waals surface area contributed by atoms with Crippen LogP contribution in [0.3, 0.4) is 0 Å². The third kappa shape index (κ3) is 4.90. The fraction of sp³-hybridized carbons (Fsp3) is 0.625. The van der Waals surface area contributed by atoms with Crippen LogP contribution in [0.25, 0.3) is 0 Å². The molecule has 0 aromatic carbocycles. The Morgan fingerprint density at radius 3 is 2.56 bits per heavy atom. The van der Waals surface area contributed by atoms with Crippen LogP contribution in [0.15, 0.2) is 12.3 Å². The summed E-state index contributed by atoms with van der Waals surface area (Å²) in [5.74, 6) is 0.255. The molecule has 0 radical (unpaired) electrons. The van der Waals surface area contributed by atoms with Crippen LogP contribution < -0.4 is 4.90 Å². The molecule has 9 heteroatoms. The second-order valence-electron chi connectivity index (χ2n) is 7.01. The summed E-state index contributed by atoms with van der Waals surface area (Å²) in [6, 6.07) is 0.760. The Balaban J connectivity index is 2.07. The molecule has 1 amide bonds. The summed E-state index contributed by atoms with van der Waals surface area (Å²) in [7, 11) is 1.70. The maximum Gasteiger partial charge on any atom is 0.417 e. The molecule has 2 rings (SSSR count). The molecule has 5 nitrogen and oxygen atoms in total. The molecule has 1 aliphatic heterocycles. The lowest BCUT2D eigenvalue weighted by atomic mass is 10.2. The second kappa shape index (κ2) is 6.90. The molecule has 1 saturated heterocycles. The van der Waals surface area contributed by atoms with Crippen molar-refractivity contribution in [2.75, 3.05) is 25.0 Å². The zero-order valence-corrected chi connectivity index (χ0v) is 15.3. The van der Waals surface area contributed by atoms with Crippen molar-refractivity contribution in [3.05, 3.63) is 22.8 Å². The molecule has 1 aliphatic rings. The average molecular weight is 380 g/mol. The van der Waals surface area contributed by atoms with Crippen LogP contribution in [0.2, 0.25) is 5.02 Å². The normalized spacial score (nSPS) is 18.4. The number of hydrogen-bond acceptors (Lipinski definition) is 4. The van der Waals surface area contributed by atoms with Gasteiger partial charge in [0.15, 0.2) is 0 Å². The monoisotopic (exact) mass is 379 g/mol. The van der Waals surface area contributed by atoms with Crippen LogP contribution in [0.5, 0.6) is 0 Å². The van der Waals surface area contributed by atoms with Gasteiger partial charge in [-0.2, -0.15) is 13.2 Å². The number of nitrogens with zero attached hydrogens (tertiary/aromatic N) is 3. The number of hydrogen-bond donors (Lipinski definition) is 0. The molecule has 0 bridgehead atoms. The van der Waals surface area contributed by atoms with Crippen LogP contribution >= 0.6 is 11.6 Å². The van der Waals surface area contributed by atoms with Gasteiger partial charge in [-0.15, -0.1) is 0 Å². The molecular weight excluding hydrogens is 359 g/mol. The van der Waals surface area contributed by atoms with E-state index in [1.807, 2.05) is 0 Å². The molecule has 25 heavy (non-hydrogen) atoms. The number of amides is 1. The first-order valence-corrected chi connectivity index (χ1v) is 8.20. The first-order valence-electron chi connectivity index (χ1n) is 7.82. The predicted octanol–water partition coefficient (Wildman–Crippen LogP) is 4.20. The predicted molar refractivity (Wildman–Crippen MR) is 88.9 cm³/mol. The van der Waals surface area contributed by atoms with Gasteiger partial charge in [0.05, 0.1) is 10.6 Å². The number of likely N-dealkylation sites (N-methyl/N-ethyl adjacent to an activating group) is 1. The standard InChI is InChI=1S/C16H21ClF3N3O2/c1-15(2,3)25-14(24)23-6-5-11(9-23)22(4)13-12(17)7-10(8-21-13)16(18,19)20/h7-8,11H,5-6,9H2,1-4H3/t11-/m1/s1. The summed E-state index contributed by atoms with van der Waals surface area (Å²) < 4.78 is 43.5. The second-order valence-corrected chi connectivity index (χ2v) is 7.41. The van der Waals surface area contributed by atoms with Crippen LogP contribution in [-0.2, 0) is 10.9 Å². The van der Waals surface area contributed by atoms with Gasteiger partial charge in [-0.1, -0.05) is 11.6 Å². The number of halogens is 4. The van der Waals surface area contributed by atoms with Gasteiger partial charge in [0.1, 0.15) is 11.4 Å². The fourth-order valence-electron chi connectivity index (χ4n) is 2.57. The molecule has 0 unspecified atom stereocenters. The molecule has 0 N–H and O–H groups in total. The number of aromatic nitrogens is 1. The van der Waals surface area contributed by atoms with E-state index in [9.17, 15) is 18.0 Å². The van der Waals surface area contributed by atoms with E-state index in [0.29, 0.717) is 19.5 Å². The van der Waals surface area contributed by atoms with E-state index in [0.717, 1.165) is 12.3 Å². The minimum Gasteiger partial charge on any atom is -0.444 e. The third-order valence-electron chi connectivity index (χ3n) is 3.85. The smallest absolute Gasteiger partial charge is 0.417 e. The van der Waals surface area contributed by atoms with E-state index in [2.05, 4.69) is 4.98 Å². The molecule has 2 heterocycles. The van der Waals surface area contributed by atoms with Crippen LogP contribution in [-0.4, -0.2) is 47.8 Å². The number of likely N-dealkylation sites (tertiary alicyclic amines) is 1. The number of carbonyl (C=O) groups is 1. The summed E-state index contributed by atoms with van der Waals surface area (Å²) in [4.78, 5) is 19.2. The summed E-state index contributed by atoms with van der Waals surface area (Å²) in [6.45, 7) is 6.26. The Labute approximate surface area is 149 Å². The maximum absolute atomic E-state index is 12.7. The first kappa shape index (κ1) is 19.6. The van der Waals surface area contributed by atoms with Gasteiger partial charge in [0.2, 0.25) is 0 Å². The van der Waals surface area contributed by atoms with Gasteiger partial charge in [0, 0.05) is 32.4 Å². The summed E-state index contributed by atoms with van der Waals surface area (Å²) in [6.07, 6.45) is -3.49. The van der Waals surface area contributed by atoms with E-state index < -0.39 is 23.4 Å². The zero-order valence-electron chi connectivity index (χ0n) is 14.5. The Kier molecular flexibility index (Phi) is 5.41. The highest BCUT2D eigenvalue weighted by Gasteiger charge is 2.34.